The SMILES string of the molecule is NS(=O)(=O)c1ccc(OCCSc2ccc(S(=O)(=O)N3CCCCCC3)cn2)cc1. The second-order valence-electron chi connectivity index (χ2n) is 6.86. The zero-order valence-corrected chi connectivity index (χ0v) is 18.9. The first-order valence-electron chi connectivity index (χ1n) is 9.61. The van der Waals surface area contributed by atoms with Crippen LogP contribution in [0.3, 0.4) is 0 Å². The maximum atomic E-state index is 12.8. The largest absolute Gasteiger partial charge is 0.493 e. The van der Waals surface area contributed by atoms with Crippen LogP contribution in [0.1, 0.15) is 25.7 Å². The molecule has 1 aromatic heterocycles. The van der Waals surface area contributed by atoms with Crippen molar-refractivity contribution in [2.24, 2.45) is 5.14 Å². The highest BCUT2D eigenvalue weighted by atomic mass is 32.2. The van der Waals surface area contributed by atoms with Crippen molar-refractivity contribution in [1.82, 2.24) is 9.29 Å². The van der Waals surface area contributed by atoms with E-state index in [0.29, 0.717) is 36.2 Å². The number of thioether (sulfide) groups is 1. The van der Waals surface area contributed by atoms with Crippen LogP contribution in [0.5, 0.6) is 5.75 Å². The Morgan fingerprint density at radius 1 is 0.933 bits per heavy atom. The monoisotopic (exact) mass is 471 g/mol. The van der Waals surface area contributed by atoms with Crippen LogP contribution in [0.4, 0.5) is 0 Å². The molecule has 11 heteroatoms. The topological polar surface area (TPSA) is 120 Å². The molecule has 8 nitrogen and oxygen atoms in total. The fourth-order valence-corrected chi connectivity index (χ4v) is 5.71. The molecule has 2 N–H and O–H groups in total. The van der Waals surface area contributed by atoms with Gasteiger partial charge in [-0.1, -0.05) is 12.8 Å². The highest BCUT2D eigenvalue weighted by Crippen LogP contribution is 2.22. The Kier molecular flexibility index (Phi) is 7.75. The van der Waals surface area contributed by atoms with Crippen molar-refractivity contribution >= 4 is 31.8 Å². The predicted octanol–water partition coefficient (Wildman–Crippen LogP) is 2.46. The summed E-state index contributed by atoms with van der Waals surface area (Å²) in [5.41, 5.74) is 0. The summed E-state index contributed by atoms with van der Waals surface area (Å²) < 4.78 is 55.1. The minimum Gasteiger partial charge on any atom is -0.493 e. The molecule has 2 heterocycles. The molecule has 0 spiro atoms. The van der Waals surface area contributed by atoms with Gasteiger partial charge in [0.05, 0.1) is 16.5 Å². The van der Waals surface area contributed by atoms with Crippen LogP contribution in [0.25, 0.3) is 0 Å². The fraction of sp³-hybridized carbons (Fsp3) is 0.421. The molecule has 1 aliphatic heterocycles. The highest BCUT2D eigenvalue weighted by molar-refractivity contribution is 7.99. The van der Waals surface area contributed by atoms with Gasteiger partial charge >= 0.3 is 0 Å². The van der Waals surface area contributed by atoms with Crippen LogP contribution in [0, 0.1) is 0 Å². The molecule has 0 aliphatic carbocycles. The van der Waals surface area contributed by atoms with Gasteiger partial charge in [0, 0.05) is 25.0 Å². The number of rotatable bonds is 8. The third-order valence-corrected chi connectivity index (χ3v) is 8.39. The fourth-order valence-electron chi connectivity index (χ4n) is 3.07. The smallest absolute Gasteiger partial charge is 0.244 e. The average Bonchev–Trinajstić information content (AvgIpc) is 3.01. The number of nitrogens with zero attached hydrogens (tertiary/aromatic N) is 2. The lowest BCUT2D eigenvalue weighted by Crippen LogP contribution is -2.32. The van der Waals surface area contributed by atoms with E-state index in [-0.39, 0.29) is 9.79 Å². The molecule has 2 aromatic rings. The van der Waals surface area contributed by atoms with E-state index in [0.717, 1.165) is 25.7 Å². The number of ether oxygens (including phenoxy) is 1. The van der Waals surface area contributed by atoms with Crippen molar-refractivity contribution < 1.29 is 21.6 Å². The van der Waals surface area contributed by atoms with Crippen LogP contribution in [0.2, 0.25) is 0 Å². The Bertz CT molecular complexity index is 1030. The van der Waals surface area contributed by atoms with Gasteiger partial charge in [0.2, 0.25) is 20.0 Å². The minimum absolute atomic E-state index is 0.0312. The van der Waals surface area contributed by atoms with Crippen LogP contribution in [0.15, 0.2) is 57.4 Å². The number of aromatic nitrogens is 1. The summed E-state index contributed by atoms with van der Waals surface area (Å²) in [6.07, 6.45) is 5.34. The number of nitrogens with two attached hydrogens (primary N) is 1. The van der Waals surface area contributed by atoms with Gasteiger partial charge in [0.15, 0.2) is 0 Å². The van der Waals surface area contributed by atoms with Crippen molar-refractivity contribution in [3.8, 4) is 5.75 Å². The van der Waals surface area contributed by atoms with E-state index in [2.05, 4.69) is 4.98 Å². The second kappa shape index (κ2) is 10.1. The first kappa shape index (κ1) is 23.0. The van der Waals surface area contributed by atoms with E-state index < -0.39 is 20.0 Å². The standard InChI is InChI=1S/C19H25N3O5S3/c20-29(23,24)17-7-5-16(6-8-17)27-13-14-28-19-10-9-18(15-21-19)30(25,26)22-11-3-1-2-4-12-22/h5-10,15H,1-4,11-14H2,(H2,20,23,24). The zero-order chi connectivity index (χ0) is 21.6. The number of sulfonamides is 2. The predicted molar refractivity (Wildman–Crippen MR) is 115 cm³/mol. The van der Waals surface area contributed by atoms with Crippen LogP contribution in [-0.4, -0.2) is 51.6 Å². The maximum Gasteiger partial charge on any atom is 0.244 e. The molecule has 0 bridgehead atoms. The molecule has 1 fully saturated rings. The third kappa shape index (κ3) is 6.17. The first-order chi connectivity index (χ1) is 14.3. The Morgan fingerprint density at radius 2 is 1.57 bits per heavy atom. The van der Waals surface area contributed by atoms with Gasteiger partial charge in [-0.2, -0.15) is 4.31 Å². The summed E-state index contributed by atoms with van der Waals surface area (Å²) in [7, 11) is -7.21. The van der Waals surface area contributed by atoms with Crippen LogP contribution < -0.4 is 9.88 Å². The molecule has 0 amide bonds. The summed E-state index contributed by atoms with van der Waals surface area (Å²) in [6.45, 7) is 1.51. The lowest BCUT2D eigenvalue weighted by atomic mass is 10.2. The van der Waals surface area contributed by atoms with Gasteiger partial charge in [-0.15, -0.1) is 11.8 Å². The molecular weight excluding hydrogens is 446 g/mol. The van der Waals surface area contributed by atoms with Gasteiger partial charge in [-0.3, -0.25) is 0 Å². The van der Waals surface area contributed by atoms with Gasteiger partial charge < -0.3 is 4.74 Å². The van der Waals surface area contributed by atoms with E-state index in [1.165, 1.54) is 30.1 Å². The lowest BCUT2D eigenvalue weighted by molar-refractivity contribution is 0.343. The summed E-state index contributed by atoms with van der Waals surface area (Å²) in [4.78, 5) is 4.52. The zero-order valence-electron chi connectivity index (χ0n) is 16.4. The highest BCUT2D eigenvalue weighted by Gasteiger charge is 2.25. The Morgan fingerprint density at radius 3 is 2.13 bits per heavy atom. The summed E-state index contributed by atoms with van der Waals surface area (Å²) >= 11 is 1.44. The molecule has 0 saturated carbocycles. The van der Waals surface area contributed by atoms with E-state index in [4.69, 9.17) is 9.88 Å². The molecule has 3 rings (SSSR count). The number of primary sulfonamides is 1. The number of benzene rings is 1. The first-order valence-corrected chi connectivity index (χ1v) is 13.6. The third-order valence-electron chi connectivity index (χ3n) is 4.67. The van der Waals surface area contributed by atoms with Crippen molar-refractivity contribution in [3.63, 3.8) is 0 Å². The van der Waals surface area contributed by atoms with Crippen molar-refractivity contribution in [1.29, 1.82) is 0 Å². The van der Waals surface area contributed by atoms with Crippen LogP contribution >= 0.6 is 11.8 Å². The van der Waals surface area contributed by atoms with Gasteiger partial charge in [-0.25, -0.2) is 27.0 Å². The van der Waals surface area contributed by atoms with E-state index in [1.54, 1.807) is 28.6 Å². The Hall–Kier alpha value is -1.66. The molecule has 164 valence electrons. The van der Waals surface area contributed by atoms with E-state index in [1.807, 2.05) is 0 Å². The van der Waals surface area contributed by atoms with E-state index >= 15 is 0 Å². The molecule has 30 heavy (non-hydrogen) atoms. The molecule has 0 unspecified atom stereocenters. The van der Waals surface area contributed by atoms with Gasteiger partial charge in [0.1, 0.15) is 10.6 Å². The van der Waals surface area contributed by atoms with E-state index in [9.17, 15) is 16.8 Å². The Labute approximate surface area is 181 Å². The minimum atomic E-state index is -3.72. The van der Waals surface area contributed by atoms with Gasteiger partial charge in [0.25, 0.3) is 0 Å². The molecule has 1 saturated heterocycles. The molecule has 1 aromatic carbocycles. The number of pyridine rings is 1. The molecule has 0 atom stereocenters. The average molecular weight is 472 g/mol. The van der Waals surface area contributed by atoms with Crippen molar-refractivity contribution in [2.45, 2.75) is 40.5 Å². The van der Waals surface area contributed by atoms with Crippen molar-refractivity contribution in [2.75, 3.05) is 25.4 Å². The molecule has 1 aliphatic rings. The van der Waals surface area contributed by atoms with Crippen molar-refractivity contribution in [3.05, 3.63) is 42.6 Å². The Balaban J connectivity index is 1.50. The normalized spacial score (nSPS) is 16.2. The summed E-state index contributed by atoms with van der Waals surface area (Å²) in [5, 5.41) is 5.77. The lowest BCUT2D eigenvalue weighted by Gasteiger charge is -2.19. The summed E-state index contributed by atoms with van der Waals surface area (Å²) in [6, 6.07) is 9.18. The number of hydrogen-bond donors (Lipinski definition) is 1. The summed E-state index contributed by atoms with van der Waals surface area (Å²) in [5.74, 6) is 1.14. The van der Waals surface area contributed by atoms with Crippen LogP contribution in [-0.2, 0) is 20.0 Å². The quantitative estimate of drug-likeness (QED) is 0.464. The molecule has 0 radical (unpaired) electrons. The number of hydrogen-bond acceptors (Lipinski definition) is 7. The second-order valence-corrected chi connectivity index (χ2v) is 11.5. The molecular formula is C19H25N3O5S3. The maximum absolute atomic E-state index is 12.8. The van der Waals surface area contributed by atoms with Gasteiger partial charge in [-0.05, 0) is 49.2 Å².